The summed E-state index contributed by atoms with van der Waals surface area (Å²) < 4.78 is 5.85. The molecule has 0 saturated carbocycles. The largest absolute Gasteiger partial charge is 0.493 e. The number of aromatic nitrogens is 1. The van der Waals surface area contributed by atoms with Crippen LogP contribution in [0.4, 0.5) is 5.82 Å². The number of para-hydroxylation sites is 1. The summed E-state index contributed by atoms with van der Waals surface area (Å²) in [6, 6.07) is 14.8. The zero-order valence-corrected chi connectivity index (χ0v) is 20.6. The maximum Gasteiger partial charge on any atom is 0.191 e. The Hall–Kier alpha value is -2.03. The predicted molar refractivity (Wildman–Crippen MR) is 135 cm³/mol. The van der Waals surface area contributed by atoms with Gasteiger partial charge in [0.05, 0.1) is 6.61 Å². The van der Waals surface area contributed by atoms with Gasteiger partial charge in [0.1, 0.15) is 11.6 Å². The molecule has 0 radical (unpaired) electrons. The lowest BCUT2D eigenvalue weighted by atomic mass is 10.1. The number of hydrogen-bond acceptors (Lipinski definition) is 4. The topological polar surface area (TPSA) is 61.8 Å². The molecule has 1 fully saturated rings. The van der Waals surface area contributed by atoms with Crippen molar-refractivity contribution in [3.8, 4) is 5.75 Å². The standard InChI is InChI=1S/C23H33N5O.HI/c1-18-8-4-5-10-21(18)29-17-7-14-25-23(24-3)27-20-12-15-28(16-13-20)22-11-6-9-19(2)26-22;/h4-6,8-11,20H,7,12-17H2,1-3H3,(H2,24,25,27);1H. The first-order valence-corrected chi connectivity index (χ1v) is 10.5. The van der Waals surface area contributed by atoms with E-state index in [9.17, 15) is 0 Å². The van der Waals surface area contributed by atoms with Gasteiger partial charge in [-0.05, 0) is 56.9 Å². The normalized spacial score (nSPS) is 14.8. The van der Waals surface area contributed by atoms with Gasteiger partial charge in [0.2, 0.25) is 0 Å². The highest BCUT2D eigenvalue weighted by Crippen LogP contribution is 2.18. The van der Waals surface area contributed by atoms with E-state index in [1.807, 2.05) is 38.2 Å². The zero-order valence-electron chi connectivity index (χ0n) is 18.2. The lowest BCUT2D eigenvalue weighted by Crippen LogP contribution is -2.49. The van der Waals surface area contributed by atoms with Crippen LogP contribution in [0.1, 0.15) is 30.5 Å². The second kappa shape index (κ2) is 12.6. The van der Waals surface area contributed by atoms with Crippen molar-refractivity contribution in [1.29, 1.82) is 0 Å². The maximum atomic E-state index is 5.85. The molecule has 2 heterocycles. The molecule has 1 aliphatic heterocycles. The van der Waals surface area contributed by atoms with Crippen molar-refractivity contribution in [2.24, 2.45) is 4.99 Å². The number of halogens is 1. The molecule has 164 valence electrons. The Bertz CT molecular complexity index is 806. The fourth-order valence-electron chi connectivity index (χ4n) is 3.53. The van der Waals surface area contributed by atoms with Crippen LogP contribution in [0.15, 0.2) is 47.5 Å². The van der Waals surface area contributed by atoms with Gasteiger partial charge in [0.15, 0.2) is 5.96 Å². The number of pyridine rings is 1. The maximum absolute atomic E-state index is 5.85. The third-order valence-electron chi connectivity index (χ3n) is 5.22. The fraction of sp³-hybridized carbons (Fsp3) is 0.478. The number of anilines is 1. The van der Waals surface area contributed by atoms with Gasteiger partial charge in [0.25, 0.3) is 0 Å². The highest BCUT2D eigenvalue weighted by atomic mass is 127. The van der Waals surface area contributed by atoms with Gasteiger partial charge in [-0.15, -0.1) is 24.0 Å². The van der Waals surface area contributed by atoms with Crippen LogP contribution in [-0.2, 0) is 0 Å². The molecule has 0 aliphatic carbocycles. The van der Waals surface area contributed by atoms with E-state index in [-0.39, 0.29) is 24.0 Å². The Morgan fingerprint density at radius 1 is 1.13 bits per heavy atom. The number of ether oxygens (including phenoxy) is 1. The molecule has 1 aromatic carbocycles. The smallest absolute Gasteiger partial charge is 0.191 e. The third-order valence-corrected chi connectivity index (χ3v) is 5.22. The number of piperidine rings is 1. The molecule has 7 heteroatoms. The molecule has 6 nitrogen and oxygen atoms in total. The lowest BCUT2D eigenvalue weighted by molar-refractivity contribution is 0.309. The van der Waals surface area contributed by atoms with Crippen molar-refractivity contribution >= 4 is 35.8 Å². The molecule has 1 saturated heterocycles. The van der Waals surface area contributed by atoms with Gasteiger partial charge in [-0.3, -0.25) is 4.99 Å². The zero-order chi connectivity index (χ0) is 20.5. The minimum absolute atomic E-state index is 0. The first-order chi connectivity index (χ1) is 14.2. The van der Waals surface area contributed by atoms with Crippen molar-refractivity contribution in [2.45, 2.75) is 39.2 Å². The van der Waals surface area contributed by atoms with Crippen LogP contribution >= 0.6 is 24.0 Å². The molecule has 2 aromatic rings. The quantitative estimate of drug-likeness (QED) is 0.250. The Morgan fingerprint density at radius 3 is 2.60 bits per heavy atom. The van der Waals surface area contributed by atoms with Crippen LogP contribution in [-0.4, -0.2) is 50.3 Å². The summed E-state index contributed by atoms with van der Waals surface area (Å²) in [6.07, 6.45) is 3.08. The number of nitrogens with one attached hydrogen (secondary N) is 2. The number of aryl methyl sites for hydroxylation is 2. The molecule has 0 unspecified atom stereocenters. The van der Waals surface area contributed by atoms with Gasteiger partial charge in [0, 0.05) is 38.4 Å². The number of benzene rings is 1. The molecule has 0 spiro atoms. The van der Waals surface area contributed by atoms with E-state index in [4.69, 9.17) is 4.74 Å². The second-order valence-electron chi connectivity index (χ2n) is 7.51. The van der Waals surface area contributed by atoms with E-state index in [0.29, 0.717) is 12.6 Å². The van der Waals surface area contributed by atoms with Crippen LogP contribution < -0.4 is 20.3 Å². The van der Waals surface area contributed by atoms with E-state index < -0.39 is 0 Å². The Kier molecular flexibility index (Phi) is 10.2. The molecule has 1 aliphatic rings. The summed E-state index contributed by atoms with van der Waals surface area (Å²) in [7, 11) is 1.82. The molecule has 0 amide bonds. The molecular weight excluding hydrogens is 489 g/mol. The number of aliphatic imine (C=N–C) groups is 1. The van der Waals surface area contributed by atoms with Crippen LogP contribution in [0, 0.1) is 13.8 Å². The minimum Gasteiger partial charge on any atom is -0.493 e. The number of guanidine groups is 1. The molecule has 1 aromatic heterocycles. The summed E-state index contributed by atoms with van der Waals surface area (Å²) >= 11 is 0. The first kappa shape index (κ1) is 24.2. The summed E-state index contributed by atoms with van der Waals surface area (Å²) in [5.41, 5.74) is 2.24. The monoisotopic (exact) mass is 523 g/mol. The molecule has 30 heavy (non-hydrogen) atoms. The summed E-state index contributed by atoms with van der Waals surface area (Å²) in [4.78, 5) is 11.4. The molecule has 2 N–H and O–H groups in total. The van der Waals surface area contributed by atoms with Crippen LogP contribution in [0.5, 0.6) is 5.75 Å². The van der Waals surface area contributed by atoms with Crippen LogP contribution in [0.25, 0.3) is 0 Å². The van der Waals surface area contributed by atoms with Crippen molar-refractivity contribution in [3.63, 3.8) is 0 Å². The minimum atomic E-state index is 0. The van der Waals surface area contributed by atoms with Gasteiger partial charge < -0.3 is 20.3 Å². The van der Waals surface area contributed by atoms with E-state index in [0.717, 1.165) is 62.1 Å². The van der Waals surface area contributed by atoms with E-state index >= 15 is 0 Å². The Morgan fingerprint density at radius 2 is 1.90 bits per heavy atom. The number of hydrogen-bond donors (Lipinski definition) is 2. The average molecular weight is 523 g/mol. The Labute approximate surface area is 197 Å². The predicted octanol–water partition coefficient (Wildman–Crippen LogP) is 3.92. The van der Waals surface area contributed by atoms with Gasteiger partial charge in [-0.25, -0.2) is 4.98 Å². The van der Waals surface area contributed by atoms with E-state index in [1.54, 1.807) is 0 Å². The third kappa shape index (κ3) is 7.34. The van der Waals surface area contributed by atoms with Crippen LogP contribution in [0.3, 0.4) is 0 Å². The van der Waals surface area contributed by atoms with E-state index in [1.165, 1.54) is 5.56 Å². The van der Waals surface area contributed by atoms with E-state index in [2.05, 4.69) is 50.6 Å². The van der Waals surface area contributed by atoms with Gasteiger partial charge in [-0.2, -0.15) is 0 Å². The van der Waals surface area contributed by atoms with Gasteiger partial charge in [-0.1, -0.05) is 24.3 Å². The first-order valence-electron chi connectivity index (χ1n) is 10.5. The van der Waals surface area contributed by atoms with Gasteiger partial charge >= 0.3 is 0 Å². The fourth-order valence-corrected chi connectivity index (χ4v) is 3.53. The average Bonchev–Trinajstić information content (AvgIpc) is 2.74. The molecule has 0 atom stereocenters. The molecule has 0 bridgehead atoms. The number of nitrogens with zero attached hydrogens (tertiary/aromatic N) is 3. The number of rotatable bonds is 7. The second-order valence-corrected chi connectivity index (χ2v) is 7.51. The highest BCUT2D eigenvalue weighted by Gasteiger charge is 2.20. The van der Waals surface area contributed by atoms with Crippen molar-refractivity contribution in [3.05, 3.63) is 53.7 Å². The molecule has 3 rings (SSSR count). The highest BCUT2D eigenvalue weighted by molar-refractivity contribution is 14.0. The summed E-state index contributed by atoms with van der Waals surface area (Å²) in [5.74, 6) is 2.91. The van der Waals surface area contributed by atoms with Crippen LogP contribution in [0.2, 0.25) is 0 Å². The van der Waals surface area contributed by atoms with Crippen molar-refractivity contribution in [1.82, 2.24) is 15.6 Å². The Balaban J connectivity index is 0.00000320. The molecular formula is C23H34IN5O. The van der Waals surface area contributed by atoms with Crippen molar-refractivity contribution in [2.75, 3.05) is 38.2 Å². The SMILES string of the molecule is CN=C(NCCCOc1ccccc1C)NC1CCN(c2cccc(C)n2)CC1.I. The van der Waals surface area contributed by atoms with Crippen molar-refractivity contribution < 1.29 is 4.74 Å². The lowest BCUT2D eigenvalue weighted by Gasteiger charge is -2.34. The summed E-state index contributed by atoms with van der Waals surface area (Å²) in [5, 5.41) is 6.96. The summed E-state index contributed by atoms with van der Waals surface area (Å²) in [6.45, 7) is 7.65.